The number of rotatable bonds is 8. The van der Waals surface area contributed by atoms with Crippen molar-refractivity contribution in [3.8, 4) is 0 Å². The average molecular weight is 407 g/mol. The van der Waals surface area contributed by atoms with Crippen LogP contribution in [0.4, 0.5) is 16.5 Å². The Morgan fingerprint density at radius 1 is 1.14 bits per heavy atom. The van der Waals surface area contributed by atoms with Gasteiger partial charge >= 0.3 is 5.97 Å². The molecule has 2 rings (SSSR count). The molecule has 1 aromatic heterocycles. The summed E-state index contributed by atoms with van der Waals surface area (Å²) in [7, 11) is 0. The first kappa shape index (κ1) is 20.9. The molecule has 0 aliphatic carbocycles. The summed E-state index contributed by atoms with van der Waals surface area (Å²) in [6.45, 7) is 2.75. The van der Waals surface area contributed by atoms with E-state index in [9.17, 15) is 24.5 Å². The van der Waals surface area contributed by atoms with Crippen molar-refractivity contribution < 1.29 is 24.0 Å². The van der Waals surface area contributed by atoms with Crippen LogP contribution in [0, 0.1) is 24.0 Å². The molecule has 1 aromatic carbocycles. The summed E-state index contributed by atoms with van der Waals surface area (Å²) in [6, 6.07) is 4.22. The Morgan fingerprint density at radius 2 is 1.89 bits per heavy atom. The first-order valence-corrected chi connectivity index (χ1v) is 8.86. The number of benzene rings is 1. The van der Waals surface area contributed by atoms with Gasteiger partial charge in [-0.1, -0.05) is 17.4 Å². The van der Waals surface area contributed by atoms with Crippen molar-refractivity contribution in [3.05, 3.63) is 38.9 Å². The number of aryl methyl sites for hydroxylation is 2. The predicted octanol–water partition coefficient (Wildman–Crippen LogP) is 1.96. The third-order valence-electron chi connectivity index (χ3n) is 3.38. The number of nitrogens with zero attached hydrogens (tertiary/aromatic N) is 3. The molecule has 28 heavy (non-hydrogen) atoms. The highest BCUT2D eigenvalue weighted by Crippen LogP contribution is 2.22. The largest absolute Gasteiger partial charge is 0.456 e. The number of anilines is 2. The molecule has 2 N–H and O–H groups in total. The Kier molecular flexibility index (Phi) is 7.09. The summed E-state index contributed by atoms with van der Waals surface area (Å²) < 4.78 is 4.79. The number of esters is 1. The lowest BCUT2D eigenvalue weighted by molar-refractivity contribution is -0.385. The lowest BCUT2D eigenvalue weighted by Gasteiger charge is -2.07. The first-order chi connectivity index (χ1) is 13.2. The molecule has 0 spiro atoms. The Balaban J connectivity index is 1.73. The Labute approximate surface area is 163 Å². The minimum Gasteiger partial charge on any atom is -0.456 e. The molecule has 0 radical (unpaired) electrons. The van der Waals surface area contributed by atoms with E-state index in [4.69, 9.17) is 4.74 Å². The molecule has 0 fully saturated rings. The molecule has 2 amide bonds. The van der Waals surface area contributed by atoms with Crippen molar-refractivity contribution in [1.29, 1.82) is 0 Å². The van der Waals surface area contributed by atoms with Crippen LogP contribution in [-0.4, -0.2) is 39.5 Å². The van der Waals surface area contributed by atoms with Crippen LogP contribution < -0.4 is 10.6 Å². The molecule has 148 valence electrons. The summed E-state index contributed by atoms with van der Waals surface area (Å²) in [5.41, 5.74) is 0.535. The SMILES string of the molecule is Cc1nnc(NC(=O)CCC(=O)OCC(=O)Nc2ccc(C)c([N+](=O)[O-])c2)s1. The molecule has 0 saturated carbocycles. The maximum Gasteiger partial charge on any atom is 0.306 e. The zero-order chi connectivity index (χ0) is 20.7. The fraction of sp³-hybridized carbons (Fsp3) is 0.312. The van der Waals surface area contributed by atoms with Crippen LogP contribution in [0.5, 0.6) is 0 Å². The highest BCUT2D eigenvalue weighted by molar-refractivity contribution is 7.15. The Hall–Kier alpha value is -3.41. The highest BCUT2D eigenvalue weighted by Gasteiger charge is 2.14. The molecular formula is C16H17N5O6S. The van der Waals surface area contributed by atoms with Crippen molar-refractivity contribution in [3.63, 3.8) is 0 Å². The lowest BCUT2D eigenvalue weighted by Crippen LogP contribution is -2.21. The van der Waals surface area contributed by atoms with E-state index in [0.29, 0.717) is 15.7 Å². The smallest absolute Gasteiger partial charge is 0.306 e. The fourth-order valence-corrected chi connectivity index (χ4v) is 2.65. The van der Waals surface area contributed by atoms with Gasteiger partial charge in [-0.2, -0.15) is 0 Å². The molecule has 1 heterocycles. The molecule has 0 bridgehead atoms. The van der Waals surface area contributed by atoms with Gasteiger partial charge in [-0.3, -0.25) is 24.5 Å². The first-order valence-electron chi connectivity index (χ1n) is 8.05. The number of nitro benzene ring substituents is 1. The van der Waals surface area contributed by atoms with Gasteiger partial charge < -0.3 is 15.4 Å². The molecule has 2 aromatic rings. The van der Waals surface area contributed by atoms with E-state index in [1.165, 1.54) is 29.5 Å². The van der Waals surface area contributed by atoms with Crippen molar-refractivity contribution in [1.82, 2.24) is 10.2 Å². The topological polar surface area (TPSA) is 153 Å². The standard InChI is InChI=1S/C16H17N5O6S/c1-9-3-4-11(7-12(9)21(25)26)17-14(23)8-27-15(24)6-5-13(22)18-16-20-19-10(2)28-16/h3-4,7H,5-6,8H2,1-2H3,(H,17,23)(H,18,20,22). The number of amides is 2. The molecule has 11 nitrogen and oxygen atoms in total. The van der Waals surface area contributed by atoms with Gasteiger partial charge in [0.15, 0.2) is 6.61 Å². The number of aromatic nitrogens is 2. The minimum atomic E-state index is -0.728. The zero-order valence-electron chi connectivity index (χ0n) is 15.1. The second-order valence-electron chi connectivity index (χ2n) is 5.64. The highest BCUT2D eigenvalue weighted by atomic mass is 32.1. The van der Waals surface area contributed by atoms with Crippen LogP contribution in [0.3, 0.4) is 0 Å². The van der Waals surface area contributed by atoms with Crippen LogP contribution in [-0.2, 0) is 19.1 Å². The average Bonchev–Trinajstić information content (AvgIpc) is 3.04. The second-order valence-corrected chi connectivity index (χ2v) is 6.82. The van der Waals surface area contributed by atoms with E-state index in [1.54, 1.807) is 13.8 Å². The summed E-state index contributed by atoms with van der Waals surface area (Å²) in [5, 5.41) is 24.3. The number of ether oxygens (including phenoxy) is 1. The van der Waals surface area contributed by atoms with E-state index >= 15 is 0 Å². The molecule has 0 aliphatic heterocycles. The van der Waals surface area contributed by atoms with Gasteiger partial charge in [-0.15, -0.1) is 10.2 Å². The summed E-state index contributed by atoms with van der Waals surface area (Å²) in [6.07, 6.45) is -0.351. The summed E-state index contributed by atoms with van der Waals surface area (Å²) in [5.74, 6) is -1.81. The normalized spacial score (nSPS) is 10.2. The van der Waals surface area contributed by atoms with Crippen LogP contribution >= 0.6 is 11.3 Å². The maximum atomic E-state index is 11.8. The third-order valence-corrected chi connectivity index (χ3v) is 4.14. The molecule has 12 heteroatoms. The van der Waals surface area contributed by atoms with E-state index in [0.717, 1.165) is 0 Å². The van der Waals surface area contributed by atoms with Crippen LogP contribution in [0.2, 0.25) is 0 Å². The molecule has 0 atom stereocenters. The minimum absolute atomic E-state index is 0.133. The molecular weight excluding hydrogens is 390 g/mol. The van der Waals surface area contributed by atoms with E-state index < -0.39 is 29.3 Å². The molecule has 0 unspecified atom stereocenters. The lowest BCUT2D eigenvalue weighted by atomic mass is 10.2. The van der Waals surface area contributed by atoms with Gasteiger partial charge in [0.05, 0.1) is 11.3 Å². The third kappa shape index (κ3) is 6.39. The number of carbonyl (C=O) groups is 3. The second kappa shape index (κ2) is 9.50. The van der Waals surface area contributed by atoms with Gasteiger partial charge in [0, 0.05) is 23.7 Å². The van der Waals surface area contributed by atoms with Crippen LogP contribution in [0.15, 0.2) is 18.2 Å². The summed E-state index contributed by atoms with van der Waals surface area (Å²) >= 11 is 1.20. The van der Waals surface area contributed by atoms with Gasteiger partial charge in [-0.05, 0) is 19.9 Å². The van der Waals surface area contributed by atoms with Gasteiger partial charge in [0.1, 0.15) is 5.01 Å². The number of hydrogen-bond donors (Lipinski definition) is 2. The van der Waals surface area contributed by atoms with Gasteiger partial charge in [0.2, 0.25) is 11.0 Å². The molecule has 0 saturated heterocycles. The van der Waals surface area contributed by atoms with Gasteiger partial charge in [0.25, 0.3) is 11.6 Å². The Morgan fingerprint density at radius 3 is 2.54 bits per heavy atom. The van der Waals surface area contributed by atoms with Gasteiger partial charge in [-0.25, -0.2) is 0 Å². The van der Waals surface area contributed by atoms with Crippen molar-refractivity contribution in [2.24, 2.45) is 0 Å². The Bertz CT molecular complexity index is 913. The monoisotopic (exact) mass is 407 g/mol. The van der Waals surface area contributed by atoms with E-state index in [2.05, 4.69) is 20.8 Å². The van der Waals surface area contributed by atoms with Crippen molar-refractivity contribution in [2.45, 2.75) is 26.7 Å². The fourth-order valence-electron chi connectivity index (χ4n) is 2.04. The van der Waals surface area contributed by atoms with Crippen LogP contribution in [0.1, 0.15) is 23.4 Å². The quantitative estimate of drug-likeness (QED) is 0.382. The summed E-state index contributed by atoms with van der Waals surface area (Å²) in [4.78, 5) is 45.5. The van der Waals surface area contributed by atoms with Crippen LogP contribution in [0.25, 0.3) is 0 Å². The predicted molar refractivity (Wildman–Crippen MR) is 99.9 cm³/mol. The van der Waals surface area contributed by atoms with Crippen molar-refractivity contribution in [2.75, 3.05) is 17.2 Å². The number of hydrogen-bond acceptors (Lipinski definition) is 9. The number of nitro groups is 1. The number of carbonyl (C=O) groups excluding carboxylic acids is 3. The van der Waals surface area contributed by atoms with E-state index in [-0.39, 0.29) is 24.2 Å². The van der Waals surface area contributed by atoms with Crippen molar-refractivity contribution >= 4 is 45.6 Å². The zero-order valence-corrected chi connectivity index (χ0v) is 15.9. The molecule has 0 aliphatic rings. The maximum absolute atomic E-state index is 11.8. The van der Waals surface area contributed by atoms with E-state index in [1.807, 2.05) is 0 Å². The number of nitrogens with one attached hydrogen (secondary N) is 2.